The van der Waals surface area contributed by atoms with Crippen molar-refractivity contribution in [3.05, 3.63) is 40.1 Å². The minimum Gasteiger partial charge on any atom is -0.475 e. The Morgan fingerprint density at radius 2 is 1.72 bits per heavy atom. The van der Waals surface area contributed by atoms with E-state index in [9.17, 15) is 26.3 Å². The Morgan fingerprint density at radius 1 is 1.17 bits per heavy atom. The van der Waals surface area contributed by atoms with Gasteiger partial charge in [-0.3, -0.25) is 4.90 Å². The van der Waals surface area contributed by atoms with Gasteiger partial charge in [-0.1, -0.05) is 13.8 Å². The highest BCUT2D eigenvalue weighted by Gasteiger charge is 2.38. The molecule has 0 spiro atoms. The zero-order valence-corrected chi connectivity index (χ0v) is 20.5. The van der Waals surface area contributed by atoms with Crippen molar-refractivity contribution in [3.8, 4) is 0 Å². The van der Waals surface area contributed by atoms with Gasteiger partial charge in [-0.05, 0) is 28.3 Å². The summed E-state index contributed by atoms with van der Waals surface area (Å²) in [5.74, 6) is -4.52. The third-order valence-electron chi connectivity index (χ3n) is 4.54. The topological polar surface area (TPSA) is 105 Å². The van der Waals surface area contributed by atoms with Crippen molar-refractivity contribution in [2.24, 2.45) is 13.0 Å². The number of nitrogens with zero attached hydrogens (tertiary/aromatic N) is 3. The Balaban J connectivity index is 0.000000383. The molecule has 1 unspecified atom stereocenters. The molecule has 0 bridgehead atoms. The number of hydrogen-bond acceptors (Lipinski definition) is 6. The molecular formula is C21H27F6N3O5S. The highest BCUT2D eigenvalue weighted by molar-refractivity contribution is 7.07. The molecule has 0 saturated heterocycles. The molecular weight excluding hydrogens is 520 g/mol. The normalized spacial score (nSPS) is 15.9. The molecule has 1 aliphatic rings. The number of halogens is 6. The molecule has 0 amide bonds. The van der Waals surface area contributed by atoms with Crippen molar-refractivity contribution in [1.29, 1.82) is 0 Å². The minimum absolute atomic E-state index is 0.411. The molecule has 2 aromatic rings. The fourth-order valence-corrected chi connectivity index (χ4v) is 3.81. The maximum absolute atomic E-state index is 10.6. The van der Waals surface area contributed by atoms with Crippen molar-refractivity contribution in [3.63, 3.8) is 0 Å². The van der Waals surface area contributed by atoms with Crippen molar-refractivity contribution in [2.45, 2.75) is 45.2 Å². The van der Waals surface area contributed by atoms with E-state index in [0.29, 0.717) is 11.8 Å². The lowest BCUT2D eigenvalue weighted by atomic mass is 9.98. The van der Waals surface area contributed by atoms with Gasteiger partial charge in [0, 0.05) is 44.9 Å². The van der Waals surface area contributed by atoms with Crippen LogP contribution >= 0.6 is 11.3 Å². The second kappa shape index (κ2) is 13.6. The van der Waals surface area contributed by atoms with Crippen LogP contribution in [-0.4, -0.2) is 68.7 Å². The summed E-state index contributed by atoms with van der Waals surface area (Å²) in [7, 11) is 2.09. The Morgan fingerprint density at radius 3 is 2.17 bits per heavy atom. The number of fused-ring (bicyclic) bond motifs is 1. The Labute approximate surface area is 207 Å². The maximum atomic E-state index is 10.6. The van der Waals surface area contributed by atoms with Gasteiger partial charge in [0.25, 0.3) is 0 Å². The van der Waals surface area contributed by atoms with Gasteiger partial charge in [0.2, 0.25) is 0 Å². The first kappa shape index (κ1) is 31.4. The number of aliphatic carboxylic acids is 2. The van der Waals surface area contributed by atoms with E-state index < -0.39 is 24.3 Å². The van der Waals surface area contributed by atoms with E-state index in [-0.39, 0.29) is 0 Å². The number of rotatable bonds is 6. The first-order valence-electron chi connectivity index (χ1n) is 10.4. The number of aromatic nitrogens is 2. The molecule has 0 radical (unpaired) electrons. The van der Waals surface area contributed by atoms with Crippen LogP contribution in [0.5, 0.6) is 0 Å². The summed E-state index contributed by atoms with van der Waals surface area (Å²) in [6.45, 7) is 8.98. The van der Waals surface area contributed by atoms with Crippen molar-refractivity contribution in [2.75, 3.05) is 19.8 Å². The molecule has 36 heavy (non-hydrogen) atoms. The monoisotopic (exact) mass is 547 g/mol. The van der Waals surface area contributed by atoms with Gasteiger partial charge in [0.1, 0.15) is 0 Å². The van der Waals surface area contributed by atoms with Crippen LogP contribution in [0.4, 0.5) is 26.3 Å². The second-order valence-corrected chi connectivity index (χ2v) is 9.00. The SMILES string of the molecule is CC(C)COCC1CN(Cc2ccsc2)Cc2ncn(C)c21.O=C(O)C(F)(F)F.O=C(O)C(F)(F)F. The molecule has 2 aromatic heterocycles. The lowest BCUT2D eigenvalue weighted by Crippen LogP contribution is -2.36. The zero-order chi connectivity index (χ0) is 27.7. The van der Waals surface area contributed by atoms with Gasteiger partial charge < -0.3 is 19.5 Å². The van der Waals surface area contributed by atoms with Crippen LogP contribution < -0.4 is 0 Å². The lowest BCUT2D eigenvalue weighted by Gasteiger charge is -2.32. The van der Waals surface area contributed by atoms with Crippen LogP contribution in [0.1, 0.15) is 36.7 Å². The summed E-state index contributed by atoms with van der Waals surface area (Å²) in [5, 5.41) is 18.6. The Bertz CT molecular complexity index is 936. The number of carboxylic acids is 2. The van der Waals surface area contributed by atoms with E-state index in [1.807, 2.05) is 6.33 Å². The van der Waals surface area contributed by atoms with Gasteiger partial charge in [-0.25, -0.2) is 14.6 Å². The molecule has 0 aromatic carbocycles. The third-order valence-corrected chi connectivity index (χ3v) is 5.27. The van der Waals surface area contributed by atoms with Gasteiger partial charge in [0.15, 0.2) is 0 Å². The molecule has 8 nitrogen and oxygen atoms in total. The largest absolute Gasteiger partial charge is 0.490 e. The number of carboxylic acid groups (broad SMARTS) is 2. The predicted octanol–water partition coefficient (Wildman–Crippen LogP) is 4.52. The van der Waals surface area contributed by atoms with E-state index >= 15 is 0 Å². The summed E-state index contributed by atoms with van der Waals surface area (Å²) < 4.78 is 71.6. The highest BCUT2D eigenvalue weighted by Crippen LogP contribution is 2.29. The first-order valence-corrected chi connectivity index (χ1v) is 11.4. The fraction of sp³-hybridized carbons (Fsp3) is 0.571. The van der Waals surface area contributed by atoms with Crippen LogP contribution in [0.3, 0.4) is 0 Å². The minimum atomic E-state index is -5.08. The van der Waals surface area contributed by atoms with Gasteiger partial charge in [-0.15, -0.1) is 0 Å². The number of carbonyl (C=O) groups is 2. The van der Waals surface area contributed by atoms with Crippen LogP contribution in [0.25, 0.3) is 0 Å². The number of aryl methyl sites for hydroxylation is 1. The van der Waals surface area contributed by atoms with Crippen molar-refractivity contribution in [1.82, 2.24) is 14.5 Å². The maximum Gasteiger partial charge on any atom is 0.490 e. The highest BCUT2D eigenvalue weighted by atomic mass is 32.1. The number of alkyl halides is 6. The van der Waals surface area contributed by atoms with E-state index in [1.54, 1.807) is 11.3 Å². The van der Waals surface area contributed by atoms with Crippen LogP contribution in [0.15, 0.2) is 23.2 Å². The fourth-order valence-electron chi connectivity index (χ4n) is 3.15. The van der Waals surface area contributed by atoms with Gasteiger partial charge >= 0.3 is 24.3 Å². The third kappa shape index (κ3) is 11.0. The predicted molar refractivity (Wildman–Crippen MR) is 117 cm³/mol. The standard InChI is InChI=1S/C17H25N3OS.2C2HF3O2/c1-13(2)9-21-10-15-7-20(6-14-4-5-22-11-14)8-16-17(15)19(3)12-18-16;2*3-2(4,5)1(6)7/h4-5,11-13,15H,6-10H2,1-3H3;2*(H,6,7). The summed E-state index contributed by atoms with van der Waals surface area (Å²) in [5.41, 5.74) is 3.96. The van der Waals surface area contributed by atoms with Crippen molar-refractivity contribution < 1.29 is 50.9 Å². The van der Waals surface area contributed by atoms with Crippen molar-refractivity contribution >= 4 is 23.3 Å². The molecule has 1 atom stereocenters. The number of ether oxygens (including phenoxy) is 1. The molecule has 0 saturated carbocycles. The average molecular weight is 548 g/mol. The molecule has 2 N–H and O–H groups in total. The van der Waals surface area contributed by atoms with E-state index in [4.69, 9.17) is 24.5 Å². The Hall–Kier alpha value is -2.65. The summed E-state index contributed by atoms with van der Waals surface area (Å²) in [4.78, 5) is 24.9. The molecule has 3 heterocycles. The molecule has 3 rings (SSSR count). The molecule has 0 fully saturated rings. The summed E-state index contributed by atoms with van der Waals surface area (Å²) >= 11 is 1.76. The first-order chi connectivity index (χ1) is 16.5. The molecule has 0 aliphatic carbocycles. The van der Waals surface area contributed by atoms with E-state index in [2.05, 4.69) is 52.2 Å². The van der Waals surface area contributed by atoms with Crippen LogP contribution in [-0.2, 0) is 34.5 Å². The van der Waals surface area contributed by atoms with Crippen LogP contribution in [0.2, 0.25) is 0 Å². The zero-order valence-electron chi connectivity index (χ0n) is 19.6. The smallest absolute Gasteiger partial charge is 0.475 e. The molecule has 1 aliphatic heterocycles. The van der Waals surface area contributed by atoms with Gasteiger partial charge in [0.05, 0.1) is 18.6 Å². The number of hydrogen-bond donors (Lipinski definition) is 2. The summed E-state index contributed by atoms with van der Waals surface area (Å²) in [6, 6.07) is 2.21. The molecule has 15 heteroatoms. The number of imidazole rings is 1. The second-order valence-electron chi connectivity index (χ2n) is 8.22. The average Bonchev–Trinajstić information content (AvgIpc) is 3.37. The van der Waals surface area contributed by atoms with E-state index in [0.717, 1.165) is 32.8 Å². The summed E-state index contributed by atoms with van der Waals surface area (Å²) in [6.07, 6.45) is -8.23. The Kier molecular flexibility index (Phi) is 11.9. The van der Waals surface area contributed by atoms with Gasteiger partial charge in [-0.2, -0.15) is 37.7 Å². The van der Waals surface area contributed by atoms with E-state index in [1.165, 1.54) is 17.0 Å². The van der Waals surface area contributed by atoms with Crippen LogP contribution in [0, 0.1) is 5.92 Å². The number of thiophene rings is 1. The quantitative estimate of drug-likeness (QED) is 0.513. The molecule has 204 valence electrons. The lowest BCUT2D eigenvalue weighted by molar-refractivity contribution is -0.193.